The quantitative estimate of drug-likeness (QED) is 0.450. The van der Waals surface area contributed by atoms with Crippen LogP contribution in [-0.2, 0) is 0 Å². The van der Waals surface area contributed by atoms with Crippen LogP contribution in [0.25, 0.3) is 21.9 Å². The number of ether oxygens (including phenoxy) is 1. The van der Waals surface area contributed by atoms with Gasteiger partial charge in [0.05, 0.1) is 29.0 Å². The lowest BCUT2D eigenvalue weighted by Crippen LogP contribution is -2.30. The molecule has 5 heterocycles. The van der Waals surface area contributed by atoms with Gasteiger partial charge in [-0.15, -0.1) is 0 Å². The molecule has 0 aliphatic carbocycles. The van der Waals surface area contributed by atoms with E-state index in [-0.39, 0.29) is 11.8 Å². The molecule has 4 aromatic rings. The van der Waals surface area contributed by atoms with Gasteiger partial charge in [-0.3, -0.25) is 0 Å². The fourth-order valence-corrected chi connectivity index (χ4v) is 4.86. The number of hydrogen-bond donors (Lipinski definition) is 3. The molecule has 2 saturated heterocycles. The molecule has 2 fully saturated rings. The Morgan fingerprint density at radius 1 is 1.19 bits per heavy atom. The lowest BCUT2D eigenvalue weighted by atomic mass is 10.1. The number of anilines is 2. The summed E-state index contributed by atoms with van der Waals surface area (Å²) < 4.78 is 20.3. The molecule has 6 rings (SSSR count). The minimum atomic E-state index is -0.314. The van der Waals surface area contributed by atoms with E-state index in [1.165, 1.54) is 12.1 Å². The van der Waals surface area contributed by atoms with Gasteiger partial charge in [0.2, 0.25) is 0 Å². The zero-order valence-corrected chi connectivity index (χ0v) is 17.8. The summed E-state index contributed by atoms with van der Waals surface area (Å²) in [5, 5.41) is 8.18. The fraction of sp³-hybridized carbons (Fsp3) is 0.364. The molecular formula is C22H23FN8O. The van der Waals surface area contributed by atoms with Gasteiger partial charge in [-0.2, -0.15) is 9.97 Å². The molecule has 32 heavy (non-hydrogen) atoms. The van der Waals surface area contributed by atoms with Crippen molar-refractivity contribution in [2.45, 2.75) is 19.4 Å². The Kier molecular flexibility index (Phi) is 4.35. The summed E-state index contributed by atoms with van der Waals surface area (Å²) in [7, 11) is 1.77. The van der Waals surface area contributed by atoms with Crippen LogP contribution in [0.5, 0.6) is 11.8 Å². The fourth-order valence-electron chi connectivity index (χ4n) is 4.86. The monoisotopic (exact) mass is 434 g/mol. The van der Waals surface area contributed by atoms with E-state index in [1.54, 1.807) is 19.4 Å². The molecule has 0 saturated carbocycles. The smallest absolute Gasteiger partial charge is 0.326 e. The molecule has 0 unspecified atom stereocenters. The van der Waals surface area contributed by atoms with Gasteiger partial charge in [0.25, 0.3) is 0 Å². The lowest BCUT2D eigenvalue weighted by molar-refractivity contribution is 0.439. The number of halogens is 1. The van der Waals surface area contributed by atoms with E-state index < -0.39 is 0 Å². The second-order valence-electron chi connectivity index (χ2n) is 8.39. The highest BCUT2D eigenvalue weighted by Crippen LogP contribution is 2.39. The molecule has 1 aromatic carbocycles. The van der Waals surface area contributed by atoms with Crippen molar-refractivity contribution in [2.24, 2.45) is 5.92 Å². The van der Waals surface area contributed by atoms with Gasteiger partial charge in [-0.25, -0.2) is 14.4 Å². The summed E-state index contributed by atoms with van der Waals surface area (Å²) in [6.07, 6.45) is 4.34. The highest BCUT2D eigenvalue weighted by Gasteiger charge is 2.37. The first-order valence-electron chi connectivity index (χ1n) is 10.7. The van der Waals surface area contributed by atoms with Crippen LogP contribution in [0.15, 0.2) is 24.5 Å². The number of nitrogens with zero attached hydrogens (tertiary/aromatic N) is 5. The van der Waals surface area contributed by atoms with E-state index in [0.717, 1.165) is 48.2 Å². The molecule has 0 bridgehead atoms. The van der Waals surface area contributed by atoms with Crippen LogP contribution in [0, 0.1) is 18.7 Å². The van der Waals surface area contributed by atoms with E-state index in [9.17, 15) is 4.39 Å². The Balaban J connectivity index is 1.53. The van der Waals surface area contributed by atoms with Crippen molar-refractivity contribution in [3.63, 3.8) is 0 Å². The zero-order chi connectivity index (χ0) is 21.8. The van der Waals surface area contributed by atoms with Crippen LogP contribution in [-0.4, -0.2) is 57.6 Å². The second kappa shape index (κ2) is 7.27. The summed E-state index contributed by atoms with van der Waals surface area (Å²) in [4.78, 5) is 23.3. The first-order valence-corrected chi connectivity index (χ1v) is 10.7. The predicted molar refractivity (Wildman–Crippen MR) is 120 cm³/mol. The number of rotatable bonds is 4. The largest absolute Gasteiger partial charge is 0.421 e. The summed E-state index contributed by atoms with van der Waals surface area (Å²) in [5.74, 6) is 2.12. The van der Waals surface area contributed by atoms with E-state index in [2.05, 4.69) is 35.5 Å². The predicted octanol–water partition coefficient (Wildman–Crippen LogP) is 2.98. The van der Waals surface area contributed by atoms with Gasteiger partial charge in [-0.05, 0) is 37.9 Å². The second-order valence-corrected chi connectivity index (χ2v) is 8.39. The number of hydrogen-bond acceptors (Lipinski definition) is 8. The molecule has 9 nitrogen and oxygen atoms in total. The van der Waals surface area contributed by atoms with Crippen molar-refractivity contribution in [3.8, 4) is 11.8 Å². The van der Waals surface area contributed by atoms with Crippen LogP contribution in [0.3, 0.4) is 0 Å². The van der Waals surface area contributed by atoms with Crippen LogP contribution in [0.2, 0.25) is 0 Å². The Labute approximate surface area is 183 Å². The third kappa shape index (κ3) is 3.10. The molecule has 0 radical (unpaired) electrons. The topological polar surface area (TPSA) is 104 Å². The van der Waals surface area contributed by atoms with Crippen molar-refractivity contribution in [1.29, 1.82) is 0 Å². The molecule has 2 atom stereocenters. The van der Waals surface area contributed by atoms with Crippen LogP contribution < -0.4 is 20.3 Å². The van der Waals surface area contributed by atoms with Gasteiger partial charge in [-0.1, -0.05) is 0 Å². The van der Waals surface area contributed by atoms with Gasteiger partial charge in [0.15, 0.2) is 5.75 Å². The van der Waals surface area contributed by atoms with E-state index >= 15 is 0 Å². The number of aromatic nitrogens is 5. The Bertz CT molecular complexity index is 1310. The van der Waals surface area contributed by atoms with Crippen molar-refractivity contribution in [1.82, 2.24) is 30.2 Å². The van der Waals surface area contributed by atoms with Crippen molar-refractivity contribution in [3.05, 3.63) is 36.2 Å². The standard InChI is InChI=1S/C22H23FN8O/c1-11-26-7-14(8-27-11)32-22-29-20-18(15-5-13(23)6-16(24-2)19(15)28-20)21(30-22)31-9-12-3-4-25-17(12)10-31/h5-8,12,17,24-25H,3-4,9-10H2,1-2H3,(H,28,29,30)/t12-,17+/m1/s1. The summed E-state index contributed by atoms with van der Waals surface area (Å²) in [6.45, 7) is 4.59. The third-order valence-corrected chi connectivity index (χ3v) is 6.38. The minimum absolute atomic E-state index is 0.197. The van der Waals surface area contributed by atoms with E-state index in [1.807, 2.05) is 6.92 Å². The number of H-pyrrole nitrogens is 1. The molecule has 2 aliphatic heterocycles. The molecular weight excluding hydrogens is 411 g/mol. The van der Waals surface area contributed by atoms with Crippen LogP contribution >= 0.6 is 0 Å². The first-order chi connectivity index (χ1) is 15.6. The summed E-state index contributed by atoms with van der Waals surface area (Å²) >= 11 is 0. The first kappa shape index (κ1) is 19.2. The number of aromatic amines is 1. The molecule has 3 aromatic heterocycles. The average Bonchev–Trinajstić information content (AvgIpc) is 3.47. The number of benzene rings is 1. The maximum atomic E-state index is 14.4. The van der Waals surface area contributed by atoms with E-state index in [4.69, 9.17) is 9.72 Å². The number of fused-ring (bicyclic) bond motifs is 4. The lowest BCUT2D eigenvalue weighted by Gasteiger charge is -2.20. The maximum absolute atomic E-state index is 14.4. The summed E-state index contributed by atoms with van der Waals surface area (Å²) in [6, 6.07) is 3.63. The van der Waals surface area contributed by atoms with E-state index in [0.29, 0.717) is 34.9 Å². The Morgan fingerprint density at radius 3 is 2.81 bits per heavy atom. The zero-order valence-electron chi connectivity index (χ0n) is 17.8. The minimum Gasteiger partial charge on any atom is -0.421 e. The van der Waals surface area contributed by atoms with Gasteiger partial charge < -0.3 is 25.3 Å². The molecule has 3 N–H and O–H groups in total. The molecule has 10 heteroatoms. The normalized spacial score (nSPS) is 20.3. The highest BCUT2D eigenvalue weighted by molar-refractivity contribution is 6.14. The van der Waals surface area contributed by atoms with Crippen molar-refractivity contribution < 1.29 is 9.13 Å². The Hall–Kier alpha value is -3.53. The Morgan fingerprint density at radius 2 is 2.03 bits per heavy atom. The molecule has 0 spiro atoms. The van der Waals surface area contributed by atoms with Crippen LogP contribution in [0.1, 0.15) is 12.2 Å². The highest BCUT2D eigenvalue weighted by atomic mass is 19.1. The maximum Gasteiger partial charge on any atom is 0.326 e. The molecule has 0 amide bonds. The molecule has 2 aliphatic rings. The van der Waals surface area contributed by atoms with Gasteiger partial charge in [0.1, 0.15) is 23.1 Å². The van der Waals surface area contributed by atoms with Crippen LogP contribution in [0.4, 0.5) is 15.9 Å². The number of nitrogens with one attached hydrogen (secondary N) is 3. The molecule has 164 valence electrons. The van der Waals surface area contributed by atoms with Gasteiger partial charge >= 0.3 is 6.01 Å². The van der Waals surface area contributed by atoms with Crippen molar-refractivity contribution in [2.75, 3.05) is 36.9 Å². The summed E-state index contributed by atoms with van der Waals surface area (Å²) in [5.41, 5.74) is 2.05. The van der Waals surface area contributed by atoms with Crippen molar-refractivity contribution >= 4 is 33.4 Å². The van der Waals surface area contributed by atoms with Gasteiger partial charge in [0, 0.05) is 31.6 Å². The number of aryl methyl sites for hydroxylation is 1. The average molecular weight is 434 g/mol. The SMILES string of the molecule is CNc1cc(F)cc2c1[nH]c1nc(Oc3cnc(C)nc3)nc(N3C[C@H]4CCN[C@H]4C3)c12. The third-order valence-electron chi connectivity index (χ3n) is 6.38.